The van der Waals surface area contributed by atoms with Gasteiger partial charge in [-0.2, -0.15) is 5.26 Å². The molecule has 0 radical (unpaired) electrons. The van der Waals surface area contributed by atoms with Crippen molar-refractivity contribution in [1.29, 1.82) is 5.26 Å². The molecule has 0 fully saturated rings. The first-order valence-corrected chi connectivity index (χ1v) is 11.8. The van der Waals surface area contributed by atoms with Crippen molar-refractivity contribution in [2.45, 2.75) is 39.5 Å². The maximum Gasteiger partial charge on any atom is 0.277 e. The highest BCUT2D eigenvalue weighted by Crippen LogP contribution is 2.28. The number of aromatic nitrogens is 3. The van der Waals surface area contributed by atoms with E-state index < -0.39 is 0 Å². The lowest BCUT2D eigenvalue weighted by atomic mass is 10.1. The van der Waals surface area contributed by atoms with E-state index in [-0.39, 0.29) is 11.7 Å². The Bertz CT molecular complexity index is 1360. The fraction of sp³-hybridized carbons (Fsp3) is 0.231. The first-order valence-electron chi connectivity index (χ1n) is 10.8. The molecule has 2 aromatic heterocycles. The molecule has 1 amide bonds. The second kappa shape index (κ2) is 9.98. The Morgan fingerprint density at radius 3 is 2.47 bits per heavy atom. The van der Waals surface area contributed by atoms with Crippen molar-refractivity contribution in [1.82, 2.24) is 14.8 Å². The number of rotatable bonds is 7. The Labute approximate surface area is 202 Å². The van der Waals surface area contributed by atoms with E-state index in [1.807, 2.05) is 74.7 Å². The van der Waals surface area contributed by atoms with Crippen molar-refractivity contribution in [3.05, 3.63) is 82.0 Å². The third-order valence-electron chi connectivity index (χ3n) is 5.58. The monoisotopic (exact) mass is 471 g/mol. The summed E-state index contributed by atoms with van der Waals surface area (Å²) in [6, 6.07) is 18.2. The molecule has 1 N–H and O–H groups in total. The predicted molar refractivity (Wildman–Crippen MR) is 133 cm³/mol. The molecule has 2 heterocycles. The number of benzene rings is 2. The molecule has 2 aromatic carbocycles. The highest BCUT2D eigenvalue weighted by atomic mass is 32.2. The van der Waals surface area contributed by atoms with Gasteiger partial charge in [0.25, 0.3) is 5.22 Å². The van der Waals surface area contributed by atoms with Gasteiger partial charge < -0.3 is 14.3 Å². The normalized spacial score (nSPS) is 10.8. The van der Waals surface area contributed by atoms with Crippen LogP contribution in [0.15, 0.2) is 58.2 Å². The summed E-state index contributed by atoms with van der Waals surface area (Å²) in [6.45, 7) is 8.43. The molecule has 8 heteroatoms. The van der Waals surface area contributed by atoms with Crippen LogP contribution in [0.2, 0.25) is 0 Å². The molecule has 0 saturated heterocycles. The van der Waals surface area contributed by atoms with Crippen molar-refractivity contribution < 1.29 is 9.21 Å². The average molecular weight is 472 g/mol. The Balaban J connectivity index is 1.48. The van der Waals surface area contributed by atoms with E-state index in [1.165, 1.54) is 0 Å². The summed E-state index contributed by atoms with van der Waals surface area (Å²) in [7, 11) is 0. The lowest BCUT2D eigenvalue weighted by Gasteiger charge is -2.13. The number of nitrogens with one attached hydrogen (secondary N) is 1. The number of carbonyl (C=O) groups excluding carboxylic acids is 1. The van der Waals surface area contributed by atoms with Crippen LogP contribution in [-0.4, -0.2) is 26.4 Å². The van der Waals surface area contributed by atoms with Gasteiger partial charge in [-0.15, -0.1) is 10.2 Å². The van der Waals surface area contributed by atoms with Gasteiger partial charge in [0.1, 0.15) is 11.9 Å². The minimum atomic E-state index is -0.250. The molecular formula is C26H25N5O2S. The zero-order chi connectivity index (χ0) is 24.2. The zero-order valence-corrected chi connectivity index (χ0v) is 20.4. The molecule has 0 aliphatic carbocycles. The minimum absolute atomic E-state index is 0.0773. The van der Waals surface area contributed by atoms with Crippen molar-refractivity contribution >= 4 is 23.5 Å². The summed E-state index contributed by atoms with van der Waals surface area (Å²) in [5.74, 6) is 0.755. The Kier molecular flexibility index (Phi) is 6.85. The van der Waals surface area contributed by atoms with Crippen LogP contribution >= 0.6 is 11.8 Å². The number of carbonyl (C=O) groups is 1. The molecule has 0 saturated carbocycles. The fourth-order valence-electron chi connectivity index (χ4n) is 3.87. The number of thioether (sulfide) groups is 1. The van der Waals surface area contributed by atoms with Gasteiger partial charge in [-0.1, -0.05) is 59.3 Å². The van der Waals surface area contributed by atoms with E-state index in [1.54, 1.807) is 0 Å². The summed E-state index contributed by atoms with van der Waals surface area (Å²) >= 11 is 1.16. The van der Waals surface area contributed by atoms with Crippen LogP contribution in [-0.2, 0) is 11.3 Å². The number of hydrogen-bond acceptors (Lipinski definition) is 6. The van der Waals surface area contributed by atoms with Gasteiger partial charge in [0.05, 0.1) is 11.3 Å². The fourth-order valence-corrected chi connectivity index (χ4v) is 4.44. The van der Waals surface area contributed by atoms with Gasteiger partial charge in [0.2, 0.25) is 11.8 Å². The molecule has 0 aliphatic heterocycles. The maximum absolute atomic E-state index is 12.8. The molecule has 4 rings (SSSR count). The SMILES string of the molecule is Cc1cc(C)cc(-c2nnc(SCC(=O)Nc3c(C#N)c(C)c(C)n3Cc3ccccc3)o2)c1. The van der Waals surface area contributed by atoms with E-state index in [9.17, 15) is 10.1 Å². The van der Waals surface area contributed by atoms with Gasteiger partial charge in [0.15, 0.2) is 0 Å². The maximum atomic E-state index is 12.8. The molecule has 172 valence electrons. The van der Waals surface area contributed by atoms with Gasteiger partial charge in [0, 0.05) is 17.8 Å². The van der Waals surface area contributed by atoms with Crippen LogP contribution in [0.25, 0.3) is 11.5 Å². The topological polar surface area (TPSA) is 96.7 Å². The lowest BCUT2D eigenvalue weighted by molar-refractivity contribution is -0.113. The molecule has 0 spiro atoms. The largest absolute Gasteiger partial charge is 0.411 e. The second-order valence-electron chi connectivity index (χ2n) is 8.20. The van der Waals surface area contributed by atoms with Crippen molar-refractivity contribution in [2.24, 2.45) is 0 Å². The summed E-state index contributed by atoms with van der Waals surface area (Å²) in [6.07, 6.45) is 0. The van der Waals surface area contributed by atoms with E-state index >= 15 is 0 Å². The molecule has 0 atom stereocenters. The number of nitriles is 1. The van der Waals surface area contributed by atoms with Gasteiger partial charge in [-0.05, 0) is 51.0 Å². The molecule has 4 aromatic rings. The zero-order valence-electron chi connectivity index (χ0n) is 19.5. The minimum Gasteiger partial charge on any atom is -0.411 e. The second-order valence-corrected chi connectivity index (χ2v) is 9.13. The highest BCUT2D eigenvalue weighted by molar-refractivity contribution is 7.99. The van der Waals surface area contributed by atoms with E-state index in [4.69, 9.17) is 4.42 Å². The van der Waals surface area contributed by atoms with E-state index in [2.05, 4.69) is 27.6 Å². The van der Waals surface area contributed by atoms with Crippen molar-refractivity contribution in [3.8, 4) is 17.5 Å². The summed E-state index contributed by atoms with van der Waals surface area (Å²) in [5.41, 5.74) is 6.43. The van der Waals surface area contributed by atoms with Crippen molar-refractivity contribution in [3.63, 3.8) is 0 Å². The van der Waals surface area contributed by atoms with Crippen LogP contribution in [0.4, 0.5) is 5.82 Å². The number of anilines is 1. The number of nitrogens with zero attached hydrogens (tertiary/aromatic N) is 4. The standard InChI is InChI=1S/C26H25N5O2S/c1-16-10-17(2)12-21(11-16)25-29-30-26(33-25)34-15-23(32)28-24-22(13-27)18(3)19(4)31(24)14-20-8-6-5-7-9-20/h5-12H,14-15H2,1-4H3,(H,28,32). The van der Waals surface area contributed by atoms with E-state index in [0.29, 0.717) is 29.0 Å². The molecular weight excluding hydrogens is 446 g/mol. The number of amides is 1. The first-order chi connectivity index (χ1) is 16.4. The molecule has 34 heavy (non-hydrogen) atoms. The predicted octanol–water partition coefficient (Wildman–Crippen LogP) is 5.42. The summed E-state index contributed by atoms with van der Waals surface area (Å²) in [4.78, 5) is 12.8. The van der Waals surface area contributed by atoms with Crippen LogP contribution in [0.1, 0.15) is 33.5 Å². The van der Waals surface area contributed by atoms with E-state index in [0.717, 1.165) is 45.3 Å². The third kappa shape index (κ3) is 5.05. The first kappa shape index (κ1) is 23.3. The van der Waals surface area contributed by atoms with Crippen LogP contribution in [0, 0.1) is 39.0 Å². The Morgan fingerprint density at radius 1 is 1.09 bits per heavy atom. The smallest absolute Gasteiger partial charge is 0.277 e. The highest BCUT2D eigenvalue weighted by Gasteiger charge is 2.20. The Morgan fingerprint density at radius 2 is 1.79 bits per heavy atom. The van der Waals surface area contributed by atoms with Crippen LogP contribution in [0.3, 0.4) is 0 Å². The summed E-state index contributed by atoms with van der Waals surface area (Å²) < 4.78 is 7.72. The quantitative estimate of drug-likeness (QED) is 0.361. The Hall–Kier alpha value is -3.83. The average Bonchev–Trinajstić information content (AvgIpc) is 3.37. The number of hydrogen-bond donors (Lipinski definition) is 1. The van der Waals surface area contributed by atoms with Crippen LogP contribution in [0.5, 0.6) is 0 Å². The van der Waals surface area contributed by atoms with Gasteiger partial charge >= 0.3 is 0 Å². The molecule has 0 aliphatic rings. The molecule has 0 unspecified atom stereocenters. The molecule has 0 bridgehead atoms. The van der Waals surface area contributed by atoms with Crippen LogP contribution < -0.4 is 5.32 Å². The van der Waals surface area contributed by atoms with Gasteiger partial charge in [-0.3, -0.25) is 4.79 Å². The van der Waals surface area contributed by atoms with Crippen molar-refractivity contribution in [2.75, 3.05) is 11.1 Å². The summed E-state index contributed by atoms with van der Waals surface area (Å²) in [5, 5.41) is 21.1. The lowest BCUT2D eigenvalue weighted by Crippen LogP contribution is -2.18. The van der Waals surface area contributed by atoms with Gasteiger partial charge in [-0.25, -0.2) is 0 Å². The third-order valence-corrected chi connectivity index (χ3v) is 6.40. The molecule has 7 nitrogen and oxygen atoms in total. The number of aryl methyl sites for hydroxylation is 2.